The number of hydrogen-bond donors (Lipinski definition) is 1. The lowest BCUT2D eigenvalue weighted by molar-refractivity contribution is 0.00578. The highest BCUT2D eigenvalue weighted by molar-refractivity contribution is 6.62. The van der Waals surface area contributed by atoms with Gasteiger partial charge in [-0.25, -0.2) is 4.79 Å². The molecular weight excluding hydrogens is 317 g/mol. The molecule has 0 saturated carbocycles. The van der Waals surface area contributed by atoms with Crippen molar-refractivity contribution < 1.29 is 18.8 Å². The Hall–Kier alpha value is -1.53. The van der Waals surface area contributed by atoms with Crippen LogP contribution in [0.15, 0.2) is 12.1 Å². The second-order valence-electron chi connectivity index (χ2n) is 8.74. The molecule has 1 aromatic carbocycles. The van der Waals surface area contributed by atoms with Crippen molar-refractivity contribution in [2.24, 2.45) is 0 Å². The van der Waals surface area contributed by atoms with Crippen LogP contribution < -0.4 is 10.8 Å². The predicted octanol–water partition coefficient (Wildman–Crippen LogP) is 3.95. The fourth-order valence-corrected chi connectivity index (χ4v) is 2.61. The molecule has 0 unspecified atom stereocenters. The summed E-state index contributed by atoms with van der Waals surface area (Å²) in [4.78, 5) is 12.0. The minimum atomic E-state index is -0.532. The summed E-state index contributed by atoms with van der Waals surface area (Å²) in [5, 5.41) is 2.82. The van der Waals surface area contributed by atoms with E-state index in [-0.39, 0.29) is 11.2 Å². The molecule has 1 amide bonds. The molecule has 0 aromatic heterocycles. The first-order chi connectivity index (χ1) is 11.2. The minimum Gasteiger partial charge on any atom is -0.444 e. The van der Waals surface area contributed by atoms with Gasteiger partial charge in [-0.05, 0) is 85.0 Å². The van der Waals surface area contributed by atoms with Gasteiger partial charge in [0.15, 0.2) is 0 Å². The molecule has 25 heavy (non-hydrogen) atoms. The molecule has 138 valence electrons. The number of anilines is 1. The zero-order valence-corrected chi connectivity index (χ0v) is 16.9. The monoisotopic (exact) mass is 347 g/mol. The van der Waals surface area contributed by atoms with Gasteiger partial charge in [-0.15, -0.1) is 0 Å². The summed E-state index contributed by atoms with van der Waals surface area (Å²) in [6, 6.07) is 3.93. The van der Waals surface area contributed by atoms with Crippen molar-refractivity contribution in [3.63, 3.8) is 0 Å². The van der Waals surface area contributed by atoms with E-state index in [9.17, 15) is 4.79 Å². The highest BCUT2D eigenvalue weighted by Crippen LogP contribution is 2.37. The van der Waals surface area contributed by atoms with Crippen molar-refractivity contribution in [3.05, 3.63) is 23.3 Å². The molecule has 6 heteroatoms. The van der Waals surface area contributed by atoms with Crippen LogP contribution in [-0.4, -0.2) is 30.0 Å². The van der Waals surface area contributed by atoms with Crippen molar-refractivity contribution in [2.45, 2.75) is 79.1 Å². The van der Waals surface area contributed by atoms with E-state index < -0.39 is 18.8 Å². The van der Waals surface area contributed by atoms with E-state index in [0.29, 0.717) is 0 Å². The van der Waals surface area contributed by atoms with Gasteiger partial charge in [-0.2, -0.15) is 0 Å². The quantitative estimate of drug-likeness (QED) is 0.823. The summed E-state index contributed by atoms with van der Waals surface area (Å²) in [6.45, 7) is 17.6. The van der Waals surface area contributed by atoms with Gasteiger partial charge in [0.05, 0.1) is 11.2 Å². The van der Waals surface area contributed by atoms with Crippen LogP contribution in [0.4, 0.5) is 10.5 Å². The SMILES string of the molecule is Cc1cc(B2OC(C)(C)C(C)(C)O2)c(C)cc1NC(=O)OC(C)(C)C. The van der Waals surface area contributed by atoms with E-state index in [1.165, 1.54) is 0 Å². The van der Waals surface area contributed by atoms with Crippen molar-refractivity contribution in [2.75, 3.05) is 5.32 Å². The smallest absolute Gasteiger partial charge is 0.444 e. The lowest BCUT2D eigenvalue weighted by atomic mass is 9.75. The number of carbonyl (C=O) groups excluding carboxylic acids is 1. The van der Waals surface area contributed by atoms with Crippen LogP contribution in [0.2, 0.25) is 0 Å². The van der Waals surface area contributed by atoms with Gasteiger partial charge >= 0.3 is 13.2 Å². The second kappa shape index (κ2) is 6.33. The van der Waals surface area contributed by atoms with E-state index in [1.54, 1.807) is 0 Å². The molecule has 0 bridgehead atoms. The molecule has 1 heterocycles. The average Bonchev–Trinajstić information content (AvgIpc) is 2.60. The summed E-state index contributed by atoms with van der Waals surface area (Å²) in [5.41, 5.74) is 2.33. The molecule has 2 rings (SSSR count). The zero-order valence-electron chi connectivity index (χ0n) is 16.9. The van der Waals surface area contributed by atoms with Crippen LogP contribution in [-0.2, 0) is 14.0 Å². The Bertz CT molecular complexity index is 661. The maximum atomic E-state index is 12.0. The van der Waals surface area contributed by atoms with E-state index in [0.717, 1.165) is 22.3 Å². The van der Waals surface area contributed by atoms with Gasteiger partial charge in [0.1, 0.15) is 5.60 Å². The first-order valence-corrected chi connectivity index (χ1v) is 8.69. The van der Waals surface area contributed by atoms with Gasteiger partial charge in [-0.1, -0.05) is 6.07 Å². The number of carbonyl (C=O) groups is 1. The fraction of sp³-hybridized carbons (Fsp3) is 0.632. The molecule has 0 atom stereocenters. The zero-order chi connectivity index (χ0) is 19.2. The molecule has 0 radical (unpaired) electrons. The molecule has 1 aliphatic heterocycles. The number of hydrogen-bond acceptors (Lipinski definition) is 4. The highest BCUT2D eigenvalue weighted by atomic mass is 16.7. The lowest BCUT2D eigenvalue weighted by Gasteiger charge is -2.32. The standard InChI is InChI=1S/C19H30BNO4/c1-12-11-15(21-16(22)23-17(3,4)5)13(2)10-14(12)20-24-18(6,7)19(8,9)25-20/h10-11H,1-9H3,(H,21,22). The van der Waals surface area contributed by atoms with Crippen molar-refractivity contribution in [1.29, 1.82) is 0 Å². The molecule has 1 fully saturated rings. The van der Waals surface area contributed by atoms with Gasteiger partial charge in [-0.3, -0.25) is 5.32 Å². The molecule has 0 aliphatic carbocycles. The molecule has 1 N–H and O–H groups in total. The summed E-state index contributed by atoms with van der Waals surface area (Å²) in [6.07, 6.45) is -0.460. The van der Waals surface area contributed by atoms with Crippen LogP contribution in [0.3, 0.4) is 0 Å². The summed E-state index contributed by atoms with van der Waals surface area (Å²) in [7, 11) is -0.417. The first-order valence-electron chi connectivity index (χ1n) is 8.69. The van der Waals surface area contributed by atoms with Crippen LogP contribution >= 0.6 is 0 Å². The van der Waals surface area contributed by atoms with Gasteiger partial charge in [0, 0.05) is 5.69 Å². The van der Waals surface area contributed by atoms with Crippen LogP contribution in [0.5, 0.6) is 0 Å². The normalized spacial score (nSPS) is 19.0. The lowest BCUT2D eigenvalue weighted by Crippen LogP contribution is -2.41. The van der Waals surface area contributed by atoms with Crippen molar-refractivity contribution >= 4 is 24.4 Å². The van der Waals surface area contributed by atoms with E-state index in [4.69, 9.17) is 14.0 Å². The number of nitrogens with one attached hydrogen (secondary N) is 1. The maximum absolute atomic E-state index is 12.0. The van der Waals surface area contributed by atoms with E-state index in [2.05, 4.69) is 5.32 Å². The number of ether oxygens (including phenoxy) is 1. The predicted molar refractivity (Wildman–Crippen MR) is 101 cm³/mol. The third-order valence-electron chi connectivity index (χ3n) is 4.76. The van der Waals surface area contributed by atoms with Crippen molar-refractivity contribution in [1.82, 2.24) is 0 Å². The highest BCUT2D eigenvalue weighted by Gasteiger charge is 2.52. The molecule has 0 spiro atoms. The van der Waals surface area contributed by atoms with E-state index >= 15 is 0 Å². The van der Waals surface area contributed by atoms with Gasteiger partial charge in [0.25, 0.3) is 0 Å². The van der Waals surface area contributed by atoms with Gasteiger partial charge < -0.3 is 14.0 Å². The Kier molecular flexibility index (Phi) is 5.01. The summed E-state index contributed by atoms with van der Waals surface area (Å²) >= 11 is 0. The first kappa shape index (κ1) is 19.8. The third kappa shape index (κ3) is 4.36. The molecule has 5 nitrogen and oxygen atoms in total. The number of benzene rings is 1. The topological polar surface area (TPSA) is 56.8 Å². The Labute approximate surface area is 151 Å². The molecule has 1 aliphatic rings. The fourth-order valence-electron chi connectivity index (χ4n) is 2.61. The van der Waals surface area contributed by atoms with E-state index in [1.807, 2.05) is 74.4 Å². The maximum Gasteiger partial charge on any atom is 0.495 e. The van der Waals surface area contributed by atoms with Crippen LogP contribution in [0, 0.1) is 13.8 Å². The van der Waals surface area contributed by atoms with Crippen molar-refractivity contribution in [3.8, 4) is 0 Å². The Balaban J connectivity index is 2.23. The Morgan fingerprint density at radius 1 is 1.04 bits per heavy atom. The molecular formula is C19H30BNO4. The number of aryl methyl sites for hydroxylation is 2. The Morgan fingerprint density at radius 3 is 2.04 bits per heavy atom. The average molecular weight is 347 g/mol. The minimum absolute atomic E-state index is 0.383. The molecule has 1 saturated heterocycles. The van der Waals surface area contributed by atoms with Crippen LogP contribution in [0.25, 0.3) is 0 Å². The summed E-state index contributed by atoms with van der Waals surface area (Å²) in [5.74, 6) is 0. The second-order valence-corrected chi connectivity index (χ2v) is 8.74. The molecule has 1 aromatic rings. The summed E-state index contributed by atoms with van der Waals surface area (Å²) < 4.78 is 17.6. The number of rotatable bonds is 2. The third-order valence-corrected chi connectivity index (χ3v) is 4.76. The Morgan fingerprint density at radius 2 is 1.56 bits per heavy atom. The largest absolute Gasteiger partial charge is 0.495 e. The number of amides is 1. The van der Waals surface area contributed by atoms with Crippen LogP contribution in [0.1, 0.15) is 59.6 Å². The van der Waals surface area contributed by atoms with Gasteiger partial charge in [0.2, 0.25) is 0 Å².